The third kappa shape index (κ3) is 11.4. The van der Waals surface area contributed by atoms with E-state index in [9.17, 15) is 0 Å². The summed E-state index contributed by atoms with van der Waals surface area (Å²) in [4.78, 5) is 0. The molecule has 8 heteroatoms. The van der Waals surface area contributed by atoms with Crippen molar-refractivity contribution in [3.05, 3.63) is 0 Å². The van der Waals surface area contributed by atoms with Crippen LogP contribution in [0.3, 0.4) is 0 Å². The van der Waals surface area contributed by atoms with Gasteiger partial charge >= 0.3 is 201 Å². The molecule has 32 heavy (non-hydrogen) atoms. The fraction of sp³-hybridized carbons (Fsp3) is 1.00. The Morgan fingerprint density at radius 1 is 0.469 bits per heavy atom. The van der Waals surface area contributed by atoms with E-state index in [0.717, 1.165) is 19.3 Å². The molecule has 0 aliphatic rings. The molecule has 0 aromatic heterocycles. The zero-order valence-corrected chi connectivity index (χ0v) is 25.8. The Kier molecular flexibility index (Phi) is 12.8. The van der Waals surface area contributed by atoms with Crippen molar-refractivity contribution in [2.45, 2.75) is 158 Å². The van der Waals surface area contributed by atoms with Gasteiger partial charge in [0.25, 0.3) is 0 Å². The molecule has 0 saturated carbocycles. The Bertz CT molecular complexity index is 464. The summed E-state index contributed by atoms with van der Waals surface area (Å²) in [6.45, 7) is 30.6. The molecule has 0 N–H and O–H groups in total. The molecular weight excluding hydrogens is 446 g/mol. The normalized spacial score (nSPS) is 18.3. The van der Waals surface area contributed by atoms with Crippen molar-refractivity contribution in [3.63, 3.8) is 0 Å². The van der Waals surface area contributed by atoms with Crippen LogP contribution in [0.2, 0.25) is 0 Å². The van der Waals surface area contributed by atoms with Crippen molar-refractivity contribution in [1.82, 2.24) is 0 Å². The van der Waals surface area contributed by atoms with Crippen molar-refractivity contribution >= 4 is 15.3 Å². The molecule has 0 aliphatic heterocycles. The molecule has 0 radical (unpaired) electrons. The fourth-order valence-corrected chi connectivity index (χ4v) is 15.4. The van der Waals surface area contributed by atoms with E-state index in [1.807, 2.05) is 83.1 Å². The average molecular weight is 503 g/mol. The molecule has 6 nitrogen and oxygen atoms in total. The first-order chi connectivity index (χ1) is 14.2. The van der Waals surface area contributed by atoms with Crippen LogP contribution >= 0.6 is 15.3 Å². The topological polar surface area (TPSA) is 55.4 Å². The quantitative estimate of drug-likeness (QED) is 0.235. The molecule has 0 saturated heterocycles. The number of hydrogen-bond acceptors (Lipinski definition) is 6. The van der Waals surface area contributed by atoms with Crippen molar-refractivity contribution in [1.29, 1.82) is 0 Å². The van der Waals surface area contributed by atoms with E-state index in [0.29, 0.717) is 0 Å². The van der Waals surface area contributed by atoms with Crippen LogP contribution in [0.15, 0.2) is 0 Å². The molecule has 0 heterocycles. The van der Waals surface area contributed by atoms with E-state index in [2.05, 4.69) is 20.8 Å². The van der Waals surface area contributed by atoms with Crippen LogP contribution in [0, 0.1) is 0 Å². The third-order valence-corrected chi connectivity index (χ3v) is 14.3. The van der Waals surface area contributed by atoms with Crippen LogP contribution < -0.4 is 0 Å². The minimum absolute atomic E-state index is 0.0997. The van der Waals surface area contributed by atoms with Gasteiger partial charge in [0.15, 0.2) is 0 Å². The monoisotopic (exact) mass is 502 g/mol. The molecule has 198 valence electrons. The summed E-state index contributed by atoms with van der Waals surface area (Å²) in [6, 6.07) is 0. The Morgan fingerprint density at radius 2 is 0.688 bits per heavy atom. The number of hydrogen-bond donors (Lipinski definition) is 0. The van der Waals surface area contributed by atoms with E-state index in [-0.39, 0.29) is 18.3 Å². The molecule has 0 aromatic rings. The van der Waals surface area contributed by atoms with Crippen molar-refractivity contribution in [3.8, 4) is 0 Å². The second kappa shape index (κ2) is 12.5. The zero-order chi connectivity index (χ0) is 25.6. The molecule has 0 fully saturated rings. The van der Waals surface area contributed by atoms with Gasteiger partial charge in [-0.3, -0.25) is 0 Å². The van der Waals surface area contributed by atoms with Crippen LogP contribution in [0.25, 0.3) is 0 Å². The maximum absolute atomic E-state index is 6.86. The first-order valence-electron chi connectivity index (χ1n) is 12.4. The van der Waals surface area contributed by atoms with Crippen LogP contribution in [0.4, 0.5) is 0 Å². The van der Waals surface area contributed by atoms with Crippen molar-refractivity contribution in [2.75, 3.05) is 0 Å². The Morgan fingerprint density at radius 3 is 0.844 bits per heavy atom. The summed E-state index contributed by atoms with van der Waals surface area (Å²) < 4.78 is 41.0. The Labute approximate surface area is 200 Å². The Balaban J connectivity index is 7.27. The van der Waals surface area contributed by atoms with Gasteiger partial charge in [0.2, 0.25) is 0 Å². The van der Waals surface area contributed by atoms with E-state index in [1.165, 1.54) is 0 Å². The molecule has 0 spiro atoms. The summed E-state index contributed by atoms with van der Waals surface area (Å²) in [5.41, 5.74) is -1.67. The van der Waals surface area contributed by atoms with Crippen LogP contribution in [0.5, 0.6) is 0 Å². The third-order valence-electron chi connectivity index (χ3n) is 4.49. The van der Waals surface area contributed by atoms with Gasteiger partial charge in [-0.25, -0.2) is 0 Å². The molecule has 3 atom stereocenters. The maximum atomic E-state index is 6.86. The summed E-state index contributed by atoms with van der Waals surface area (Å²) in [6.07, 6.45) is 2.14. The second-order valence-electron chi connectivity index (χ2n) is 11.8. The van der Waals surface area contributed by atoms with E-state index < -0.39 is 32.1 Å². The minimum atomic E-state index is -3.75. The average Bonchev–Trinajstić information content (AvgIpc) is 2.56. The van der Waals surface area contributed by atoms with Gasteiger partial charge in [0.1, 0.15) is 0 Å². The number of rotatable bonds is 13. The first kappa shape index (κ1) is 32.6. The van der Waals surface area contributed by atoms with Gasteiger partial charge in [-0.2, -0.15) is 0 Å². The van der Waals surface area contributed by atoms with Crippen LogP contribution in [-0.2, 0) is 27.1 Å². The van der Waals surface area contributed by atoms with Gasteiger partial charge in [0.05, 0.1) is 0 Å². The Hall–Kier alpha value is 0.620. The predicted octanol–water partition coefficient (Wildman–Crippen LogP) is 8.78. The van der Waals surface area contributed by atoms with E-state index >= 15 is 0 Å². The molecule has 0 aliphatic carbocycles. The summed E-state index contributed by atoms with van der Waals surface area (Å²) >= 11 is 0. The van der Waals surface area contributed by atoms with Crippen LogP contribution in [-0.4, -0.2) is 35.1 Å². The predicted molar refractivity (Wildman–Crippen MR) is 142 cm³/mol. The molecule has 0 bridgehead atoms. The van der Waals surface area contributed by atoms with E-state index in [1.54, 1.807) is 0 Å². The second-order valence-corrected chi connectivity index (χ2v) is 19.0. The molecule has 0 amide bonds. The molecule has 0 aromatic carbocycles. The summed E-state index contributed by atoms with van der Waals surface area (Å²) in [5, 5.41) is 0. The first-order valence-corrected chi connectivity index (χ1v) is 16.8. The SMILES string of the molecule is CCC(C)O[PH](OC(C)CC)(OC(C)CC)[PH](OC(C)(C)C)(OC(C)(C)C)OC(C)(C)C. The van der Waals surface area contributed by atoms with Gasteiger partial charge in [-0.15, -0.1) is 0 Å². The van der Waals surface area contributed by atoms with Gasteiger partial charge < -0.3 is 0 Å². The van der Waals surface area contributed by atoms with Gasteiger partial charge in [-0.1, -0.05) is 0 Å². The van der Waals surface area contributed by atoms with Crippen molar-refractivity contribution in [2.24, 2.45) is 0 Å². The molecule has 3 unspecified atom stereocenters. The standard InChI is InChI=1S/C24H56O6P2/c1-16-19(4)25-31(26-20(5)17-2,27-21(6)18-3)32(28-22(7,8)9,29-23(10,11)12)30-24(13,14)15/h19-21,31-32H,16-18H2,1-15H3. The fourth-order valence-electron chi connectivity index (χ4n) is 2.80. The zero-order valence-electron chi connectivity index (χ0n) is 23.8. The molecule has 0 rings (SSSR count). The van der Waals surface area contributed by atoms with E-state index in [4.69, 9.17) is 27.1 Å². The van der Waals surface area contributed by atoms with Gasteiger partial charge in [-0.05, 0) is 0 Å². The van der Waals surface area contributed by atoms with Crippen LogP contribution in [0.1, 0.15) is 123 Å². The van der Waals surface area contributed by atoms with Crippen molar-refractivity contribution < 1.29 is 27.1 Å². The molecular formula is C24H56O6P2. The summed E-state index contributed by atoms with van der Waals surface area (Å²) in [5.74, 6) is 0. The summed E-state index contributed by atoms with van der Waals surface area (Å²) in [7, 11) is -7.43. The van der Waals surface area contributed by atoms with Gasteiger partial charge in [0, 0.05) is 0 Å².